The first-order valence-corrected chi connectivity index (χ1v) is 11.2. The maximum absolute atomic E-state index is 12.9. The summed E-state index contributed by atoms with van der Waals surface area (Å²) in [6.07, 6.45) is 1.30. The van der Waals surface area contributed by atoms with Crippen LogP contribution in [-0.2, 0) is 22.6 Å². The fraction of sp³-hybridized carbons (Fsp3) is 0.250. The van der Waals surface area contributed by atoms with Gasteiger partial charge in [-0.05, 0) is 49.1 Å². The molecule has 7 heteroatoms. The van der Waals surface area contributed by atoms with Gasteiger partial charge < -0.3 is 19.5 Å². The summed E-state index contributed by atoms with van der Waals surface area (Å²) in [5.41, 5.74) is 3.47. The van der Waals surface area contributed by atoms with Crippen LogP contribution in [0.1, 0.15) is 29.2 Å². The standard InChI is InChI=1S/C28H29F2NO4/c1-19-9-12-23(13-10-19)24(18-35-28(29)30)27(32)31-20(2)15-22-11-14-25(26(16-22)33-3)34-17-21-7-5-4-6-8-21/h4-14,16,18,20,28H,15,17H2,1-3H3,(H,31,32)/b24-18-. The van der Waals surface area contributed by atoms with E-state index >= 15 is 0 Å². The Morgan fingerprint density at radius 3 is 2.34 bits per heavy atom. The molecule has 3 aromatic carbocycles. The quantitative estimate of drug-likeness (QED) is 0.273. The minimum atomic E-state index is -3.02. The van der Waals surface area contributed by atoms with E-state index < -0.39 is 12.5 Å². The van der Waals surface area contributed by atoms with Crippen LogP contribution in [0.4, 0.5) is 8.78 Å². The molecule has 0 bridgehead atoms. The summed E-state index contributed by atoms with van der Waals surface area (Å²) in [6.45, 7) is 1.13. The second kappa shape index (κ2) is 12.6. The number of carbonyl (C=O) groups excluding carboxylic acids is 1. The molecule has 0 radical (unpaired) electrons. The first-order chi connectivity index (χ1) is 16.9. The topological polar surface area (TPSA) is 56.8 Å². The van der Waals surface area contributed by atoms with E-state index in [9.17, 15) is 13.6 Å². The number of rotatable bonds is 11. The van der Waals surface area contributed by atoms with Gasteiger partial charge in [-0.1, -0.05) is 66.2 Å². The molecule has 5 nitrogen and oxygen atoms in total. The predicted octanol–water partition coefficient (Wildman–Crippen LogP) is 5.91. The van der Waals surface area contributed by atoms with Gasteiger partial charge in [-0.25, -0.2) is 0 Å². The molecule has 1 N–H and O–H groups in total. The number of amides is 1. The number of methoxy groups -OCH3 is 1. The molecule has 1 atom stereocenters. The Labute approximate surface area is 204 Å². The molecule has 3 rings (SSSR count). The van der Waals surface area contributed by atoms with Crippen molar-refractivity contribution < 1.29 is 27.8 Å². The molecule has 1 amide bonds. The van der Waals surface area contributed by atoms with Gasteiger partial charge in [-0.15, -0.1) is 0 Å². The highest BCUT2D eigenvalue weighted by atomic mass is 19.3. The van der Waals surface area contributed by atoms with E-state index in [0.29, 0.717) is 30.1 Å². The van der Waals surface area contributed by atoms with Crippen molar-refractivity contribution in [2.75, 3.05) is 7.11 Å². The molecule has 1 unspecified atom stereocenters. The van der Waals surface area contributed by atoms with Gasteiger partial charge in [0.25, 0.3) is 5.91 Å². The lowest BCUT2D eigenvalue weighted by Crippen LogP contribution is -2.34. The maximum Gasteiger partial charge on any atom is 0.386 e. The van der Waals surface area contributed by atoms with Crippen LogP contribution in [0.5, 0.6) is 11.5 Å². The zero-order valence-electron chi connectivity index (χ0n) is 20.0. The average Bonchev–Trinajstić information content (AvgIpc) is 2.84. The van der Waals surface area contributed by atoms with E-state index in [1.165, 1.54) is 0 Å². The number of ether oxygens (including phenoxy) is 3. The Morgan fingerprint density at radius 1 is 0.971 bits per heavy atom. The molecule has 184 valence electrons. The molecule has 0 heterocycles. The molecule has 0 saturated heterocycles. The highest BCUT2D eigenvalue weighted by molar-refractivity contribution is 6.19. The maximum atomic E-state index is 12.9. The lowest BCUT2D eigenvalue weighted by Gasteiger charge is -2.17. The Kier molecular flexibility index (Phi) is 9.23. The average molecular weight is 482 g/mol. The van der Waals surface area contributed by atoms with Crippen molar-refractivity contribution in [3.63, 3.8) is 0 Å². The van der Waals surface area contributed by atoms with Gasteiger partial charge in [0, 0.05) is 6.04 Å². The van der Waals surface area contributed by atoms with Crippen LogP contribution in [0, 0.1) is 6.92 Å². The van der Waals surface area contributed by atoms with Crippen molar-refractivity contribution in [1.29, 1.82) is 0 Å². The lowest BCUT2D eigenvalue weighted by atomic mass is 10.0. The number of hydrogen-bond acceptors (Lipinski definition) is 4. The van der Waals surface area contributed by atoms with Gasteiger partial charge in [-0.2, -0.15) is 8.78 Å². The molecular weight excluding hydrogens is 452 g/mol. The van der Waals surface area contributed by atoms with E-state index in [4.69, 9.17) is 9.47 Å². The third kappa shape index (κ3) is 7.84. The third-order valence-electron chi connectivity index (χ3n) is 5.28. The largest absolute Gasteiger partial charge is 0.493 e. The molecule has 0 aliphatic rings. The number of benzene rings is 3. The minimum Gasteiger partial charge on any atom is -0.493 e. The molecule has 0 spiro atoms. The van der Waals surface area contributed by atoms with Crippen molar-refractivity contribution in [3.8, 4) is 11.5 Å². The number of carbonyl (C=O) groups is 1. The van der Waals surface area contributed by atoms with Gasteiger partial charge in [0.2, 0.25) is 0 Å². The fourth-order valence-electron chi connectivity index (χ4n) is 3.50. The van der Waals surface area contributed by atoms with Crippen LogP contribution in [0.2, 0.25) is 0 Å². The Bertz CT molecular complexity index is 1130. The summed E-state index contributed by atoms with van der Waals surface area (Å²) in [5, 5.41) is 2.86. The molecule has 0 aromatic heterocycles. The highest BCUT2D eigenvalue weighted by Gasteiger charge is 2.17. The fourth-order valence-corrected chi connectivity index (χ4v) is 3.50. The normalized spacial score (nSPS) is 12.2. The summed E-state index contributed by atoms with van der Waals surface area (Å²) in [6, 6.07) is 22.1. The summed E-state index contributed by atoms with van der Waals surface area (Å²) in [7, 11) is 1.57. The summed E-state index contributed by atoms with van der Waals surface area (Å²) < 4.78 is 41.0. The monoisotopic (exact) mass is 481 g/mol. The Morgan fingerprint density at radius 2 is 1.69 bits per heavy atom. The zero-order chi connectivity index (χ0) is 25.2. The van der Waals surface area contributed by atoms with E-state index in [0.717, 1.165) is 23.0 Å². The van der Waals surface area contributed by atoms with Crippen LogP contribution < -0.4 is 14.8 Å². The third-order valence-corrected chi connectivity index (χ3v) is 5.28. The van der Waals surface area contributed by atoms with E-state index in [1.54, 1.807) is 31.4 Å². The van der Waals surface area contributed by atoms with E-state index in [2.05, 4.69) is 10.1 Å². The zero-order valence-corrected chi connectivity index (χ0v) is 20.0. The molecular formula is C28H29F2NO4. The molecule has 0 aliphatic heterocycles. The van der Waals surface area contributed by atoms with Gasteiger partial charge in [-0.3, -0.25) is 4.79 Å². The van der Waals surface area contributed by atoms with Crippen LogP contribution in [0.25, 0.3) is 5.57 Å². The van der Waals surface area contributed by atoms with Crippen molar-refractivity contribution in [1.82, 2.24) is 5.32 Å². The van der Waals surface area contributed by atoms with E-state index in [-0.39, 0.29) is 11.6 Å². The highest BCUT2D eigenvalue weighted by Crippen LogP contribution is 2.29. The molecule has 3 aromatic rings. The van der Waals surface area contributed by atoms with Crippen LogP contribution >= 0.6 is 0 Å². The van der Waals surface area contributed by atoms with Gasteiger partial charge in [0.05, 0.1) is 12.7 Å². The van der Waals surface area contributed by atoms with E-state index in [1.807, 2.05) is 62.4 Å². The van der Waals surface area contributed by atoms with Crippen molar-refractivity contribution in [3.05, 3.63) is 101 Å². The number of aryl methyl sites for hydroxylation is 1. The van der Waals surface area contributed by atoms with Gasteiger partial charge in [0.15, 0.2) is 11.5 Å². The van der Waals surface area contributed by atoms with Crippen molar-refractivity contribution in [2.24, 2.45) is 0 Å². The number of nitrogens with one attached hydrogen (secondary N) is 1. The molecule has 0 saturated carbocycles. The smallest absolute Gasteiger partial charge is 0.386 e. The first kappa shape index (κ1) is 25.7. The predicted molar refractivity (Wildman–Crippen MR) is 131 cm³/mol. The van der Waals surface area contributed by atoms with Crippen LogP contribution in [0.3, 0.4) is 0 Å². The van der Waals surface area contributed by atoms with Gasteiger partial charge in [0.1, 0.15) is 12.9 Å². The summed E-state index contributed by atoms with van der Waals surface area (Å²) >= 11 is 0. The van der Waals surface area contributed by atoms with Gasteiger partial charge >= 0.3 is 6.61 Å². The summed E-state index contributed by atoms with van der Waals surface area (Å²) in [4.78, 5) is 12.9. The molecule has 35 heavy (non-hydrogen) atoms. The SMILES string of the molecule is COc1cc(CC(C)NC(=O)/C(=C\OC(F)F)c2ccc(C)cc2)ccc1OCc1ccccc1. The minimum absolute atomic E-state index is 0.0272. The number of hydrogen-bond donors (Lipinski definition) is 1. The Balaban J connectivity index is 1.66. The number of halogens is 2. The summed E-state index contributed by atoms with van der Waals surface area (Å²) in [5.74, 6) is 0.699. The van der Waals surface area contributed by atoms with Crippen molar-refractivity contribution >= 4 is 11.5 Å². The second-order valence-corrected chi connectivity index (χ2v) is 8.13. The first-order valence-electron chi connectivity index (χ1n) is 11.2. The van der Waals surface area contributed by atoms with Crippen LogP contribution in [-0.4, -0.2) is 25.7 Å². The van der Waals surface area contributed by atoms with Crippen molar-refractivity contribution in [2.45, 2.75) is 39.5 Å². The number of alkyl halides is 2. The Hall–Kier alpha value is -3.87. The second-order valence-electron chi connectivity index (χ2n) is 8.13. The lowest BCUT2D eigenvalue weighted by molar-refractivity contribution is -0.116. The molecule has 0 fully saturated rings. The van der Waals surface area contributed by atoms with Crippen LogP contribution in [0.15, 0.2) is 79.1 Å². The molecule has 0 aliphatic carbocycles.